The van der Waals surface area contributed by atoms with Gasteiger partial charge in [-0.15, -0.1) is 0 Å². The summed E-state index contributed by atoms with van der Waals surface area (Å²) in [5.74, 6) is -1.22. The molecule has 0 bridgehead atoms. The topological polar surface area (TPSA) is 106 Å². The predicted molar refractivity (Wildman–Crippen MR) is 69.0 cm³/mol. The number of carbonyl (C=O) groups is 1. The third-order valence-electron chi connectivity index (χ3n) is 2.79. The van der Waals surface area contributed by atoms with Gasteiger partial charge in [-0.25, -0.2) is 13.2 Å². The van der Waals surface area contributed by atoms with Crippen LogP contribution >= 0.6 is 0 Å². The Morgan fingerprint density at radius 3 is 2.42 bits per heavy atom. The van der Waals surface area contributed by atoms with E-state index in [-0.39, 0.29) is 18.7 Å². The number of sulfone groups is 1. The van der Waals surface area contributed by atoms with Gasteiger partial charge in [0.2, 0.25) is 0 Å². The van der Waals surface area contributed by atoms with Gasteiger partial charge in [-0.2, -0.15) is 4.98 Å². The molecule has 0 amide bonds. The molecule has 7 nitrogen and oxygen atoms in total. The van der Waals surface area contributed by atoms with Crippen molar-refractivity contribution in [2.24, 2.45) is 0 Å². The number of aryl methyl sites for hydroxylation is 1. The SMILES string of the molecule is Cc1nc(=O)n(CCS(C)(=O)=O)c(C)c1CC(=O)O. The minimum absolute atomic E-state index is 0.0244. The lowest BCUT2D eigenvalue weighted by molar-refractivity contribution is -0.136. The van der Waals surface area contributed by atoms with E-state index in [9.17, 15) is 18.0 Å². The lowest BCUT2D eigenvalue weighted by Gasteiger charge is -2.13. The zero-order chi connectivity index (χ0) is 14.8. The molecule has 0 fully saturated rings. The zero-order valence-electron chi connectivity index (χ0n) is 11.0. The first-order chi connectivity index (χ1) is 8.61. The fourth-order valence-electron chi connectivity index (χ4n) is 1.77. The Bertz CT molecular complexity index is 660. The van der Waals surface area contributed by atoms with Crippen LogP contribution in [0, 0.1) is 13.8 Å². The van der Waals surface area contributed by atoms with Crippen LogP contribution in [0.25, 0.3) is 0 Å². The van der Waals surface area contributed by atoms with Crippen LogP contribution in [0.5, 0.6) is 0 Å². The van der Waals surface area contributed by atoms with E-state index in [1.165, 1.54) is 4.57 Å². The van der Waals surface area contributed by atoms with E-state index in [4.69, 9.17) is 5.11 Å². The molecule has 0 atom stereocenters. The highest BCUT2D eigenvalue weighted by Crippen LogP contribution is 2.10. The Hall–Kier alpha value is -1.70. The van der Waals surface area contributed by atoms with Crippen LogP contribution < -0.4 is 5.69 Å². The van der Waals surface area contributed by atoms with Gasteiger partial charge in [0.25, 0.3) is 0 Å². The maximum atomic E-state index is 11.7. The van der Waals surface area contributed by atoms with Crippen molar-refractivity contribution in [3.8, 4) is 0 Å². The minimum atomic E-state index is -3.21. The van der Waals surface area contributed by atoms with Crippen molar-refractivity contribution in [1.82, 2.24) is 9.55 Å². The van der Waals surface area contributed by atoms with Crippen LogP contribution in [0.3, 0.4) is 0 Å². The Morgan fingerprint density at radius 2 is 1.95 bits per heavy atom. The molecule has 0 saturated heterocycles. The van der Waals surface area contributed by atoms with Gasteiger partial charge in [-0.05, 0) is 13.8 Å². The third kappa shape index (κ3) is 4.16. The highest BCUT2D eigenvalue weighted by molar-refractivity contribution is 7.90. The summed E-state index contributed by atoms with van der Waals surface area (Å²) >= 11 is 0. The normalized spacial score (nSPS) is 11.5. The van der Waals surface area contributed by atoms with Crippen molar-refractivity contribution in [2.45, 2.75) is 26.8 Å². The Labute approximate surface area is 110 Å². The summed E-state index contributed by atoms with van der Waals surface area (Å²) in [6.07, 6.45) is 0.830. The summed E-state index contributed by atoms with van der Waals surface area (Å²) in [4.78, 5) is 26.2. The van der Waals surface area contributed by atoms with Crippen LogP contribution in [0.15, 0.2) is 4.79 Å². The summed E-state index contributed by atoms with van der Waals surface area (Å²) < 4.78 is 23.5. The average molecular weight is 288 g/mol. The van der Waals surface area contributed by atoms with E-state index in [0.29, 0.717) is 17.0 Å². The number of carboxylic acids is 1. The van der Waals surface area contributed by atoms with Crippen molar-refractivity contribution in [2.75, 3.05) is 12.0 Å². The number of aromatic nitrogens is 2. The Kier molecular flexibility index (Phi) is 4.46. The van der Waals surface area contributed by atoms with E-state index in [1.54, 1.807) is 13.8 Å². The van der Waals surface area contributed by atoms with Crippen molar-refractivity contribution >= 4 is 15.8 Å². The number of hydrogen-bond donors (Lipinski definition) is 1. The quantitative estimate of drug-likeness (QED) is 0.785. The van der Waals surface area contributed by atoms with Crippen molar-refractivity contribution in [3.63, 3.8) is 0 Å². The highest BCUT2D eigenvalue weighted by Gasteiger charge is 2.15. The molecule has 106 valence electrons. The molecular weight excluding hydrogens is 272 g/mol. The van der Waals surface area contributed by atoms with E-state index < -0.39 is 21.5 Å². The van der Waals surface area contributed by atoms with E-state index >= 15 is 0 Å². The number of nitrogens with zero attached hydrogens (tertiary/aromatic N) is 2. The summed E-state index contributed by atoms with van der Waals surface area (Å²) in [6.45, 7) is 3.13. The summed E-state index contributed by atoms with van der Waals surface area (Å²) in [5.41, 5.74) is 0.692. The van der Waals surface area contributed by atoms with Gasteiger partial charge in [0.1, 0.15) is 9.84 Å². The van der Waals surface area contributed by atoms with Crippen LogP contribution in [0.2, 0.25) is 0 Å². The maximum Gasteiger partial charge on any atom is 0.348 e. The molecule has 0 aliphatic rings. The molecule has 1 N–H and O–H groups in total. The monoisotopic (exact) mass is 288 g/mol. The van der Waals surface area contributed by atoms with Gasteiger partial charge in [0, 0.05) is 29.8 Å². The highest BCUT2D eigenvalue weighted by atomic mass is 32.2. The predicted octanol–water partition coefficient (Wildman–Crippen LogP) is -0.468. The molecule has 0 aliphatic carbocycles. The second-order valence-electron chi connectivity index (χ2n) is 4.40. The molecule has 1 aromatic heterocycles. The molecule has 1 heterocycles. The van der Waals surface area contributed by atoms with Crippen LogP contribution in [0.1, 0.15) is 17.0 Å². The molecule has 0 radical (unpaired) electrons. The van der Waals surface area contributed by atoms with Crippen molar-refractivity contribution in [3.05, 3.63) is 27.4 Å². The molecule has 0 aliphatic heterocycles. The number of carboxylic acid groups (broad SMARTS) is 1. The van der Waals surface area contributed by atoms with Crippen LogP contribution in [-0.2, 0) is 27.6 Å². The Balaban J connectivity index is 3.25. The lowest BCUT2D eigenvalue weighted by atomic mass is 10.1. The van der Waals surface area contributed by atoms with Crippen LogP contribution in [0.4, 0.5) is 0 Å². The standard InChI is InChI=1S/C11H16N2O5S/c1-7-9(6-10(14)15)8(2)13(11(16)12-7)4-5-19(3,17)18/h4-6H2,1-3H3,(H,14,15). The van der Waals surface area contributed by atoms with E-state index in [1.807, 2.05) is 0 Å². The largest absolute Gasteiger partial charge is 0.481 e. The number of hydrogen-bond acceptors (Lipinski definition) is 5. The van der Waals surface area contributed by atoms with Gasteiger partial charge in [-0.3, -0.25) is 9.36 Å². The van der Waals surface area contributed by atoms with Crippen molar-refractivity contribution in [1.29, 1.82) is 0 Å². The lowest BCUT2D eigenvalue weighted by Crippen LogP contribution is -2.30. The second kappa shape index (κ2) is 5.52. The first-order valence-corrected chi connectivity index (χ1v) is 7.64. The Morgan fingerprint density at radius 1 is 1.37 bits per heavy atom. The molecule has 1 aromatic rings. The molecule has 0 spiro atoms. The molecule has 19 heavy (non-hydrogen) atoms. The van der Waals surface area contributed by atoms with E-state index in [2.05, 4.69) is 4.98 Å². The number of rotatable bonds is 5. The van der Waals surface area contributed by atoms with Gasteiger partial charge in [-0.1, -0.05) is 0 Å². The molecule has 8 heteroatoms. The van der Waals surface area contributed by atoms with Crippen molar-refractivity contribution < 1.29 is 18.3 Å². The molecule has 0 saturated carbocycles. The first-order valence-electron chi connectivity index (χ1n) is 5.58. The van der Waals surface area contributed by atoms with Gasteiger partial charge in [0.05, 0.1) is 12.2 Å². The van der Waals surface area contributed by atoms with Gasteiger partial charge < -0.3 is 5.11 Å². The van der Waals surface area contributed by atoms with E-state index in [0.717, 1.165) is 6.26 Å². The number of aliphatic carboxylic acids is 1. The average Bonchev–Trinajstić information content (AvgIpc) is 2.21. The zero-order valence-corrected chi connectivity index (χ0v) is 11.8. The molecular formula is C11H16N2O5S. The second-order valence-corrected chi connectivity index (χ2v) is 6.66. The molecule has 1 rings (SSSR count). The smallest absolute Gasteiger partial charge is 0.348 e. The molecule has 0 unspecified atom stereocenters. The fourth-order valence-corrected chi connectivity index (χ4v) is 2.28. The van der Waals surface area contributed by atoms with Gasteiger partial charge >= 0.3 is 11.7 Å². The summed E-state index contributed by atoms with van der Waals surface area (Å²) in [7, 11) is -3.21. The molecule has 0 aromatic carbocycles. The van der Waals surface area contributed by atoms with Gasteiger partial charge in [0.15, 0.2) is 0 Å². The van der Waals surface area contributed by atoms with Crippen LogP contribution in [-0.4, -0.2) is 41.1 Å². The maximum absolute atomic E-state index is 11.7. The summed E-state index contributed by atoms with van der Waals surface area (Å²) in [5, 5.41) is 8.82. The summed E-state index contributed by atoms with van der Waals surface area (Å²) in [6, 6.07) is 0. The fraction of sp³-hybridized carbons (Fsp3) is 0.545. The third-order valence-corrected chi connectivity index (χ3v) is 3.71. The first kappa shape index (κ1) is 15.4. The minimum Gasteiger partial charge on any atom is -0.481 e.